The highest BCUT2D eigenvalue weighted by atomic mass is 35.5. The average Bonchev–Trinajstić information content (AvgIpc) is 2.69. The summed E-state index contributed by atoms with van der Waals surface area (Å²) in [6.45, 7) is 0.887. The number of carbonyl (C=O) groups excluding carboxylic acids is 1. The summed E-state index contributed by atoms with van der Waals surface area (Å²) in [4.78, 5) is 12.3. The van der Waals surface area contributed by atoms with Gasteiger partial charge in [0.05, 0.1) is 10.0 Å². The van der Waals surface area contributed by atoms with E-state index >= 15 is 0 Å². The first-order valence-corrected chi connectivity index (χ1v) is 11.4. The van der Waals surface area contributed by atoms with Crippen molar-refractivity contribution >= 4 is 39.1 Å². The number of piperidine rings is 1. The number of rotatable bonds is 6. The second-order valence-corrected chi connectivity index (χ2v) is 9.59. The van der Waals surface area contributed by atoms with Crippen LogP contribution >= 0.6 is 23.2 Å². The lowest BCUT2D eigenvalue weighted by molar-refractivity contribution is -0.126. The number of halogens is 3. The van der Waals surface area contributed by atoms with Gasteiger partial charge in [0, 0.05) is 25.6 Å². The Hall–Kier alpha value is -1.67. The zero-order valence-corrected chi connectivity index (χ0v) is 17.9. The van der Waals surface area contributed by atoms with Crippen molar-refractivity contribution in [3.63, 3.8) is 0 Å². The molecule has 0 aromatic heterocycles. The number of hydrogen-bond donors (Lipinski definition) is 1. The van der Waals surface area contributed by atoms with Gasteiger partial charge in [-0.25, -0.2) is 12.8 Å². The Balaban J connectivity index is 1.53. The van der Waals surface area contributed by atoms with Crippen LogP contribution in [0.15, 0.2) is 47.4 Å². The third kappa shape index (κ3) is 5.28. The molecule has 0 aliphatic carbocycles. The second-order valence-electron chi connectivity index (χ2n) is 6.90. The molecule has 1 N–H and O–H groups in total. The molecule has 0 unspecified atom stereocenters. The van der Waals surface area contributed by atoms with Crippen molar-refractivity contribution in [2.75, 3.05) is 19.6 Å². The highest BCUT2D eigenvalue weighted by molar-refractivity contribution is 7.89. The highest BCUT2D eigenvalue weighted by Gasteiger charge is 2.34. The molecule has 0 bridgehead atoms. The third-order valence-corrected chi connectivity index (χ3v) is 7.82. The van der Waals surface area contributed by atoms with E-state index in [2.05, 4.69) is 5.32 Å². The molecule has 0 atom stereocenters. The molecule has 1 fully saturated rings. The summed E-state index contributed by atoms with van der Waals surface area (Å²) in [6, 6.07) is 10.7. The molecule has 1 aliphatic rings. The summed E-state index contributed by atoms with van der Waals surface area (Å²) in [5.41, 5.74) is 0.934. The topological polar surface area (TPSA) is 66.5 Å². The van der Waals surface area contributed by atoms with Crippen LogP contribution in [-0.2, 0) is 21.2 Å². The van der Waals surface area contributed by atoms with Crippen LogP contribution in [0.4, 0.5) is 4.39 Å². The highest BCUT2D eigenvalue weighted by Crippen LogP contribution is 2.33. The SMILES string of the molecule is O=C(NCCc1ccc(F)cc1)C1CCN(S(=O)(=O)c2c(Cl)cccc2Cl)CC1. The fourth-order valence-corrected chi connectivity index (χ4v) is 5.90. The minimum Gasteiger partial charge on any atom is -0.356 e. The van der Waals surface area contributed by atoms with E-state index in [4.69, 9.17) is 23.2 Å². The van der Waals surface area contributed by atoms with E-state index in [1.807, 2.05) is 0 Å². The zero-order valence-electron chi connectivity index (χ0n) is 15.6. The maximum Gasteiger partial charge on any atom is 0.246 e. The first kappa shape index (κ1) is 22.0. The Kier molecular flexibility index (Phi) is 7.16. The maximum absolute atomic E-state index is 12.9. The molecular weight excluding hydrogens is 438 g/mol. The van der Waals surface area contributed by atoms with E-state index < -0.39 is 10.0 Å². The van der Waals surface area contributed by atoms with E-state index in [0.29, 0.717) is 25.8 Å². The van der Waals surface area contributed by atoms with Crippen molar-refractivity contribution < 1.29 is 17.6 Å². The van der Waals surface area contributed by atoms with Gasteiger partial charge in [0.1, 0.15) is 10.7 Å². The maximum atomic E-state index is 12.9. The van der Waals surface area contributed by atoms with Crippen LogP contribution in [0, 0.1) is 11.7 Å². The largest absolute Gasteiger partial charge is 0.356 e. The van der Waals surface area contributed by atoms with Crippen LogP contribution < -0.4 is 5.32 Å². The molecule has 0 saturated carbocycles. The Labute approximate surface area is 179 Å². The van der Waals surface area contributed by atoms with Gasteiger partial charge >= 0.3 is 0 Å². The summed E-state index contributed by atoms with van der Waals surface area (Å²) in [5.74, 6) is -0.645. The Morgan fingerprint density at radius 3 is 2.24 bits per heavy atom. The molecule has 156 valence electrons. The lowest BCUT2D eigenvalue weighted by Gasteiger charge is -2.31. The predicted molar refractivity (Wildman–Crippen MR) is 111 cm³/mol. The van der Waals surface area contributed by atoms with Crippen molar-refractivity contribution in [1.29, 1.82) is 0 Å². The lowest BCUT2D eigenvalue weighted by Crippen LogP contribution is -2.43. The van der Waals surface area contributed by atoms with Gasteiger partial charge < -0.3 is 5.32 Å². The average molecular weight is 459 g/mol. The fourth-order valence-electron chi connectivity index (χ4n) is 3.34. The third-order valence-electron chi connectivity index (χ3n) is 4.97. The summed E-state index contributed by atoms with van der Waals surface area (Å²) in [6.07, 6.45) is 1.44. The molecule has 2 aromatic rings. The van der Waals surface area contributed by atoms with Crippen LogP contribution in [0.5, 0.6) is 0 Å². The monoisotopic (exact) mass is 458 g/mol. The van der Waals surface area contributed by atoms with Gasteiger partial charge in [0.2, 0.25) is 15.9 Å². The van der Waals surface area contributed by atoms with Crippen molar-refractivity contribution in [2.45, 2.75) is 24.2 Å². The Morgan fingerprint density at radius 1 is 1.07 bits per heavy atom. The standard InChI is InChI=1S/C20H21Cl2FN2O3S/c21-17-2-1-3-18(22)19(17)29(27,28)25-12-9-15(10-13-25)20(26)24-11-8-14-4-6-16(23)7-5-14/h1-7,15H,8-13H2,(H,24,26). The van der Waals surface area contributed by atoms with Crippen molar-refractivity contribution in [2.24, 2.45) is 5.92 Å². The number of hydrogen-bond acceptors (Lipinski definition) is 3. The number of nitrogens with one attached hydrogen (secondary N) is 1. The van der Waals surface area contributed by atoms with E-state index in [1.165, 1.54) is 28.6 Å². The number of benzene rings is 2. The van der Waals surface area contributed by atoms with E-state index in [1.54, 1.807) is 18.2 Å². The summed E-state index contributed by atoms with van der Waals surface area (Å²) in [5, 5.41) is 3.04. The van der Waals surface area contributed by atoms with Gasteiger partial charge in [0.15, 0.2) is 0 Å². The van der Waals surface area contributed by atoms with Crippen LogP contribution in [0.2, 0.25) is 10.0 Å². The van der Waals surface area contributed by atoms with Crippen LogP contribution in [-0.4, -0.2) is 38.3 Å². The van der Waals surface area contributed by atoms with E-state index in [-0.39, 0.29) is 45.7 Å². The molecule has 0 spiro atoms. The second kappa shape index (κ2) is 9.43. The number of sulfonamides is 1. The smallest absolute Gasteiger partial charge is 0.246 e. The van der Waals surface area contributed by atoms with Gasteiger partial charge in [-0.1, -0.05) is 41.4 Å². The quantitative estimate of drug-likeness (QED) is 0.713. The molecule has 3 rings (SSSR count). The molecule has 0 radical (unpaired) electrons. The van der Waals surface area contributed by atoms with E-state index in [9.17, 15) is 17.6 Å². The molecule has 1 aliphatic heterocycles. The number of carbonyl (C=O) groups is 1. The first-order valence-electron chi connectivity index (χ1n) is 9.25. The van der Waals surface area contributed by atoms with Crippen LogP contribution in [0.25, 0.3) is 0 Å². The molecule has 29 heavy (non-hydrogen) atoms. The molecule has 1 heterocycles. The zero-order chi connectivity index (χ0) is 21.0. The summed E-state index contributed by atoms with van der Waals surface area (Å²) in [7, 11) is -3.82. The molecule has 1 saturated heterocycles. The molecule has 1 amide bonds. The van der Waals surface area contributed by atoms with Crippen molar-refractivity contribution in [1.82, 2.24) is 9.62 Å². The van der Waals surface area contributed by atoms with Gasteiger partial charge in [-0.3, -0.25) is 4.79 Å². The Morgan fingerprint density at radius 2 is 1.66 bits per heavy atom. The van der Waals surface area contributed by atoms with Crippen LogP contribution in [0.1, 0.15) is 18.4 Å². The predicted octanol–water partition coefficient (Wildman–Crippen LogP) is 3.89. The molecular formula is C20H21Cl2FN2O3S. The van der Waals surface area contributed by atoms with Crippen molar-refractivity contribution in [3.05, 3.63) is 63.9 Å². The first-order chi connectivity index (χ1) is 13.8. The van der Waals surface area contributed by atoms with Gasteiger partial charge in [-0.05, 0) is 49.1 Å². The minimum atomic E-state index is -3.82. The van der Waals surface area contributed by atoms with Gasteiger partial charge in [-0.2, -0.15) is 4.31 Å². The normalized spacial score (nSPS) is 16.0. The molecule has 2 aromatic carbocycles. The number of nitrogens with zero attached hydrogens (tertiary/aromatic N) is 1. The lowest BCUT2D eigenvalue weighted by atomic mass is 9.97. The summed E-state index contributed by atoms with van der Waals surface area (Å²) >= 11 is 12.1. The van der Waals surface area contributed by atoms with Gasteiger partial charge in [-0.15, -0.1) is 0 Å². The van der Waals surface area contributed by atoms with E-state index in [0.717, 1.165) is 5.56 Å². The molecule has 5 nitrogen and oxygen atoms in total. The van der Waals surface area contributed by atoms with Crippen molar-refractivity contribution in [3.8, 4) is 0 Å². The Bertz CT molecular complexity index is 955. The number of amides is 1. The molecule has 9 heteroatoms. The fraction of sp³-hybridized carbons (Fsp3) is 0.350. The summed E-state index contributed by atoms with van der Waals surface area (Å²) < 4.78 is 40.0. The van der Waals surface area contributed by atoms with Gasteiger partial charge in [0.25, 0.3) is 0 Å². The van der Waals surface area contributed by atoms with Crippen LogP contribution in [0.3, 0.4) is 0 Å². The minimum absolute atomic E-state index is 0.0816.